The summed E-state index contributed by atoms with van der Waals surface area (Å²) in [7, 11) is 1.52. The monoisotopic (exact) mass is 377 g/mol. The van der Waals surface area contributed by atoms with Crippen molar-refractivity contribution in [3.8, 4) is 16.3 Å². The molecule has 0 bridgehead atoms. The van der Waals surface area contributed by atoms with E-state index in [2.05, 4.69) is 4.98 Å². The van der Waals surface area contributed by atoms with Crippen LogP contribution in [0.25, 0.3) is 10.6 Å². The van der Waals surface area contributed by atoms with E-state index in [-0.39, 0.29) is 5.82 Å². The topological polar surface area (TPSA) is 48.4 Å². The first-order valence-corrected chi connectivity index (χ1v) is 9.25. The summed E-state index contributed by atoms with van der Waals surface area (Å²) < 4.78 is 23.8. The van der Waals surface area contributed by atoms with Crippen LogP contribution < -0.4 is 4.74 Å². The van der Waals surface area contributed by atoms with Crippen molar-refractivity contribution in [3.05, 3.63) is 57.0 Å². The number of aryl methyl sites for hydroxylation is 1. The zero-order valence-electron chi connectivity index (χ0n) is 13.9. The van der Waals surface area contributed by atoms with Crippen molar-refractivity contribution in [1.29, 1.82) is 0 Å². The number of esters is 1. The van der Waals surface area contributed by atoms with Crippen LogP contribution in [0.1, 0.15) is 33.3 Å². The number of carbonyl (C=O) groups is 1. The molecule has 2 heterocycles. The summed E-state index contributed by atoms with van der Waals surface area (Å²) in [4.78, 5) is 18.2. The minimum absolute atomic E-state index is 0.288. The van der Waals surface area contributed by atoms with Gasteiger partial charge in [-0.2, -0.15) is 0 Å². The Labute approximate surface area is 152 Å². The molecule has 0 aliphatic rings. The van der Waals surface area contributed by atoms with E-state index in [1.807, 2.05) is 13.8 Å². The minimum Gasteiger partial charge on any atom is -0.495 e. The fourth-order valence-corrected chi connectivity index (χ4v) is 4.17. The molecule has 1 aromatic carbocycles. The number of thiophene rings is 1. The van der Waals surface area contributed by atoms with Gasteiger partial charge in [0.05, 0.1) is 17.7 Å². The van der Waals surface area contributed by atoms with Crippen LogP contribution >= 0.6 is 22.7 Å². The highest BCUT2D eigenvalue weighted by atomic mass is 32.1. The number of benzene rings is 1. The average molecular weight is 377 g/mol. The number of ether oxygens (including phenoxy) is 2. The van der Waals surface area contributed by atoms with Gasteiger partial charge in [-0.3, -0.25) is 0 Å². The number of thiazole rings is 1. The molecule has 0 spiro atoms. The van der Waals surface area contributed by atoms with Gasteiger partial charge in [0.25, 0.3) is 0 Å². The van der Waals surface area contributed by atoms with Gasteiger partial charge >= 0.3 is 5.97 Å². The van der Waals surface area contributed by atoms with E-state index in [1.165, 1.54) is 41.9 Å². The maximum Gasteiger partial charge on any atom is 0.352 e. The molecule has 0 amide bonds. The molecule has 0 saturated heterocycles. The third-order valence-corrected chi connectivity index (χ3v) is 5.85. The molecule has 0 aliphatic carbocycles. The predicted octanol–water partition coefficient (Wildman–Crippen LogP) is 5.25. The Bertz CT molecular complexity index is 886. The quantitative estimate of drug-likeness (QED) is 0.570. The molecule has 3 aromatic rings. The van der Waals surface area contributed by atoms with E-state index >= 15 is 0 Å². The number of hydrogen-bond donors (Lipinski definition) is 0. The molecular formula is C18H16FNO3S2. The maximum atomic E-state index is 13.1. The first-order valence-electron chi connectivity index (χ1n) is 7.55. The van der Waals surface area contributed by atoms with Crippen molar-refractivity contribution in [2.45, 2.75) is 20.0 Å². The van der Waals surface area contributed by atoms with Crippen LogP contribution in [0.15, 0.2) is 35.7 Å². The molecule has 25 heavy (non-hydrogen) atoms. The molecule has 0 unspecified atom stereocenters. The smallest absolute Gasteiger partial charge is 0.352 e. The van der Waals surface area contributed by atoms with Crippen LogP contribution in [-0.2, 0) is 4.74 Å². The highest BCUT2D eigenvalue weighted by molar-refractivity contribution is 7.15. The fraction of sp³-hybridized carbons (Fsp3) is 0.222. The molecule has 0 saturated carbocycles. The average Bonchev–Trinajstić information content (AvgIpc) is 3.21. The van der Waals surface area contributed by atoms with Gasteiger partial charge in [0.15, 0.2) is 4.88 Å². The van der Waals surface area contributed by atoms with Crippen molar-refractivity contribution in [3.63, 3.8) is 0 Å². The highest BCUT2D eigenvalue weighted by Gasteiger charge is 2.22. The lowest BCUT2D eigenvalue weighted by Crippen LogP contribution is -2.08. The predicted molar refractivity (Wildman–Crippen MR) is 96.9 cm³/mol. The van der Waals surface area contributed by atoms with E-state index in [1.54, 1.807) is 23.6 Å². The molecule has 4 nitrogen and oxygen atoms in total. The number of carbonyl (C=O) groups excluding carboxylic acids is 1. The van der Waals surface area contributed by atoms with Gasteiger partial charge in [0.1, 0.15) is 22.7 Å². The number of aromatic nitrogens is 1. The zero-order valence-corrected chi connectivity index (χ0v) is 15.5. The lowest BCUT2D eigenvalue weighted by Gasteiger charge is -2.12. The largest absolute Gasteiger partial charge is 0.495 e. The molecule has 0 N–H and O–H groups in total. The van der Waals surface area contributed by atoms with Gasteiger partial charge < -0.3 is 9.47 Å². The Kier molecular flexibility index (Phi) is 5.15. The molecule has 130 valence electrons. The van der Waals surface area contributed by atoms with Gasteiger partial charge in [0, 0.05) is 5.56 Å². The molecule has 1 atom stereocenters. The molecule has 3 rings (SSSR count). The molecule has 7 heteroatoms. The second kappa shape index (κ2) is 7.33. The van der Waals surface area contributed by atoms with E-state index in [4.69, 9.17) is 9.47 Å². The third-order valence-electron chi connectivity index (χ3n) is 3.61. The first kappa shape index (κ1) is 17.6. The lowest BCUT2D eigenvalue weighted by atomic mass is 10.2. The van der Waals surface area contributed by atoms with Gasteiger partial charge in [0.2, 0.25) is 0 Å². The van der Waals surface area contributed by atoms with Crippen molar-refractivity contribution >= 4 is 28.6 Å². The summed E-state index contributed by atoms with van der Waals surface area (Å²) in [5, 5.41) is 2.55. The Hall–Kier alpha value is -2.25. The van der Waals surface area contributed by atoms with Gasteiger partial charge in [-0.1, -0.05) is 0 Å². The normalized spacial score (nSPS) is 12.0. The second-order valence-corrected chi connectivity index (χ2v) is 7.29. The Morgan fingerprint density at radius 3 is 2.64 bits per heavy atom. The molecule has 0 radical (unpaired) electrons. The highest BCUT2D eigenvalue weighted by Crippen LogP contribution is 2.34. The Morgan fingerprint density at radius 2 is 1.96 bits per heavy atom. The zero-order chi connectivity index (χ0) is 18.0. The number of methoxy groups -OCH3 is 1. The number of halogens is 1. The van der Waals surface area contributed by atoms with Crippen molar-refractivity contribution < 1.29 is 18.7 Å². The summed E-state index contributed by atoms with van der Waals surface area (Å²) in [6.07, 6.45) is -0.439. The molecule has 0 aliphatic heterocycles. The fourth-order valence-electron chi connectivity index (χ4n) is 2.38. The number of hydrogen-bond acceptors (Lipinski definition) is 6. The van der Waals surface area contributed by atoms with Gasteiger partial charge in [-0.25, -0.2) is 14.2 Å². The summed E-state index contributed by atoms with van der Waals surface area (Å²) in [6, 6.07) is 7.90. The lowest BCUT2D eigenvalue weighted by molar-refractivity contribution is 0.0346. The van der Waals surface area contributed by atoms with Crippen LogP contribution in [0.3, 0.4) is 0 Å². The van der Waals surface area contributed by atoms with Crippen LogP contribution in [0.5, 0.6) is 5.75 Å². The Morgan fingerprint density at radius 1 is 1.24 bits per heavy atom. The standard InChI is InChI=1S/C18H16FNO3S2/c1-10-15(25-17(20-10)12-4-6-13(19)7-5-12)11(2)23-18(21)16-14(22-3)8-9-24-16/h4-9,11H,1-3H3/t11-/m1/s1. The van der Waals surface area contributed by atoms with Crippen LogP contribution in [0.2, 0.25) is 0 Å². The van der Waals surface area contributed by atoms with Crippen LogP contribution in [0.4, 0.5) is 4.39 Å². The van der Waals surface area contributed by atoms with Crippen LogP contribution in [0, 0.1) is 12.7 Å². The molecule has 0 fully saturated rings. The summed E-state index contributed by atoms with van der Waals surface area (Å²) >= 11 is 2.72. The Balaban J connectivity index is 1.79. The molecule has 2 aromatic heterocycles. The third kappa shape index (κ3) is 3.72. The molecular weight excluding hydrogens is 361 g/mol. The number of rotatable bonds is 5. The second-order valence-electron chi connectivity index (χ2n) is 5.34. The van der Waals surface area contributed by atoms with E-state index in [0.29, 0.717) is 10.6 Å². The van der Waals surface area contributed by atoms with Crippen molar-refractivity contribution in [2.24, 2.45) is 0 Å². The number of nitrogens with zero attached hydrogens (tertiary/aromatic N) is 1. The van der Waals surface area contributed by atoms with E-state index < -0.39 is 12.1 Å². The SMILES string of the molecule is COc1ccsc1C(=O)O[C@H](C)c1sc(-c2ccc(F)cc2)nc1C. The van der Waals surface area contributed by atoms with Crippen molar-refractivity contribution in [2.75, 3.05) is 7.11 Å². The van der Waals surface area contributed by atoms with Gasteiger partial charge in [-0.15, -0.1) is 22.7 Å². The first-order chi connectivity index (χ1) is 12.0. The summed E-state index contributed by atoms with van der Waals surface area (Å²) in [6.45, 7) is 3.68. The summed E-state index contributed by atoms with van der Waals surface area (Å²) in [5.74, 6) is -0.199. The summed E-state index contributed by atoms with van der Waals surface area (Å²) in [5.41, 5.74) is 1.63. The van der Waals surface area contributed by atoms with E-state index in [9.17, 15) is 9.18 Å². The minimum atomic E-state index is -0.439. The van der Waals surface area contributed by atoms with Gasteiger partial charge in [-0.05, 0) is 49.6 Å². The van der Waals surface area contributed by atoms with E-state index in [0.717, 1.165) is 21.1 Å². The maximum absolute atomic E-state index is 13.1. The van der Waals surface area contributed by atoms with Crippen molar-refractivity contribution in [1.82, 2.24) is 4.98 Å². The van der Waals surface area contributed by atoms with Crippen LogP contribution in [-0.4, -0.2) is 18.1 Å².